The molecule has 2 aromatic rings. The van der Waals surface area contributed by atoms with Gasteiger partial charge in [0.25, 0.3) is 11.6 Å². The van der Waals surface area contributed by atoms with E-state index in [1.165, 1.54) is 30.6 Å². The summed E-state index contributed by atoms with van der Waals surface area (Å²) in [6.45, 7) is 2.31. The predicted molar refractivity (Wildman–Crippen MR) is 105 cm³/mol. The Bertz CT molecular complexity index is 840. The summed E-state index contributed by atoms with van der Waals surface area (Å²) in [6, 6.07) is 2.64. The highest BCUT2D eigenvalue weighted by molar-refractivity contribution is 7.07. The number of hydrogen-bond acceptors (Lipinski definition) is 7. The van der Waals surface area contributed by atoms with Crippen LogP contribution in [-0.4, -0.2) is 29.0 Å². The number of carbonyl (C=O) groups is 1. The monoisotopic (exact) mass is 405 g/mol. The van der Waals surface area contributed by atoms with Gasteiger partial charge in [-0.25, -0.2) is 4.98 Å². The molecule has 0 aliphatic heterocycles. The number of carbonyl (C=O) groups excluding carboxylic acids is 1. The fourth-order valence-corrected chi connectivity index (χ4v) is 3.99. The van der Waals surface area contributed by atoms with Crippen LogP contribution < -0.4 is 14.8 Å². The number of benzene rings is 1. The molecule has 2 atom stereocenters. The second-order valence-electron chi connectivity index (χ2n) is 6.99. The Hall–Kier alpha value is -2.68. The van der Waals surface area contributed by atoms with E-state index in [2.05, 4.69) is 17.2 Å². The minimum Gasteiger partial charge on any atom is -0.493 e. The summed E-state index contributed by atoms with van der Waals surface area (Å²) in [6.07, 6.45) is 3.95. The van der Waals surface area contributed by atoms with Crippen LogP contribution in [-0.2, 0) is 6.61 Å². The third-order valence-electron chi connectivity index (χ3n) is 4.85. The first kappa shape index (κ1) is 20.1. The Kier molecular flexibility index (Phi) is 6.45. The van der Waals surface area contributed by atoms with E-state index in [-0.39, 0.29) is 35.4 Å². The normalized spacial score (nSPS) is 19.1. The zero-order valence-electron chi connectivity index (χ0n) is 15.8. The van der Waals surface area contributed by atoms with Crippen LogP contribution in [0.4, 0.5) is 5.69 Å². The molecule has 1 aliphatic carbocycles. The van der Waals surface area contributed by atoms with Gasteiger partial charge in [-0.05, 0) is 18.8 Å². The summed E-state index contributed by atoms with van der Waals surface area (Å²) in [5.41, 5.74) is 2.05. The van der Waals surface area contributed by atoms with E-state index in [0.717, 1.165) is 25.7 Å². The molecule has 8 nitrogen and oxygen atoms in total. The van der Waals surface area contributed by atoms with Gasteiger partial charge >= 0.3 is 0 Å². The van der Waals surface area contributed by atoms with Crippen LogP contribution in [0.2, 0.25) is 0 Å². The molecule has 0 saturated heterocycles. The second kappa shape index (κ2) is 9.01. The molecule has 3 rings (SSSR count). The number of hydrogen-bond donors (Lipinski definition) is 1. The Labute approximate surface area is 167 Å². The van der Waals surface area contributed by atoms with Crippen molar-refractivity contribution in [2.45, 2.75) is 45.3 Å². The lowest BCUT2D eigenvalue weighted by Crippen LogP contribution is -2.38. The van der Waals surface area contributed by atoms with Gasteiger partial charge in [-0.15, -0.1) is 11.3 Å². The molecule has 1 aromatic heterocycles. The van der Waals surface area contributed by atoms with Gasteiger partial charge in [-0.3, -0.25) is 14.9 Å². The largest absolute Gasteiger partial charge is 0.493 e. The second-order valence-corrected chi connectivity index (χ2v) is 7.71. The molecular formula is C19H23N3O5S. The average Bonchev–Trinajstić information content (AvgIpc) is 3.19. The number of thiazole rings is 1. The Morgan fingerprint density at radius 1 is 1.39 bits per heavy atom. The SMILES string of the molecule is COc1cc(C(=O)NC2CCCC(C)C2)c([N+](=O)[O-])cc1OCc1cscn1. The van der Waals surface area contributed by atoms with Gasteiger partial charge in [-0.2, -0.15) is 0 Å². The lowest BCUT2D eigenvalue weighted by atomic mass is 9.87. The van der Waals surface area contributed by atoms with Crippen molar-refractivity contribution in [3.8, 4) is 11.5 Å². The number of nitro benzene ring substituents is 1. The van der Waals surface area contributed by atoms with E-state index in [1.54, 1.807) is 5.51 Å². The maximum absolute atomic E-state index is 12.7. The number of amides is 1. The lowest BCUT2D eigenvalue weighted by molar-refractivity contribution is -0.385. The molecule has 1 heterocycles. The van der Waals surface area contributed by atoms with Crippen molar-refractivity contribution in [3.05, 3.63) is 44.4 Å². The molecule has 1 N–H and O–H groups in total. The third-order valence-corrected chi connectivity index (χ3v) is 5.49. The fraction of sp³-hybridized carbons (Fsp3) is 0.474. The van der Waals surface area contributed by atoms with E-state index in [0.29, 0.717) is 11.6 Å². The van der Waals surface area contributed by atoms with Gasteiger partial charge in [0.1, 0.15) is 12.2 Å². The summed E-state index contributed by atoms with van der Waals surface area (Å²) >= 11 is 1.43. The van der Waals surface area contributed by atoms with Gasteiger partial charge in [0.05, 0.1) is 29.3 Å². The van der Waals surface area contributed by atoms with Crippen molar-refractivity contribution in [2.24, 2.45) is 5.92 Å². The molecule has 0 bridgehead atoms. The first-order valence-corrected chi connectivity index (χ1v) is 10.1. The van der Waals surface area contributed by atoms with Crippen LogP contribution in [0.5, 0.6) is 11.5 Å². The molecule has 2 unspecified atom stereocenters. The van der Waals surface area contributed by atoms with Gasteiger partial charge in [-0.1, -0.05) is 19.8 Å². The van der Waals surface area contributed by atoms with Crippen molar-refractivity contribution in [1.82, 2.24) is 10.3 Å². The molecule has 9 heteroatoms. The molecule has 1 fully saturated rings. The molecular weight excluding hydrogens is 382 g/mol. The first-order valence-electron chi connectivity index (χ1n) is 9.15. The number of nitrogens with zero attached hydrogens (tertiary/aromatic N) is 2. The van der Waals surface area contributed by atoms with E-state index >= 15 is 0 Å². The summed E-state index contributed by atoms with van der Waals surface area (Å²) in [4.78, 5) is 27.9. The van der Waals surface area contributed by atoms with Gasteiger partial charge in [0.15, 0.2) is 11.5 Å². The van der Waals surface area contributed by atoms with Crippen LogP contribution >= 0.6 is 11.3 Å². The van der Waals surface area contributed by atoms with Crippen LogP contribution in [0.15, 0.2) is 23.0 Å². The molecule has 0 spiro atoms. The molecule has 150 valence electrons. The average molecular weight is 405 g/mol. The topological polar surface area (TPSA) is 104 Å². The number of nitrogens with one attached hydrogen (secondary N) is 1. The van der Waals surface area contributed by atoms with Gasteiger partial charge in [0.2, 0.25) is 0 Å². The quantitative estimate of drug-likeness (QED) is 0.553. The molecule has 28 heavy (non-hydrogen) atoms. The number of ether oxygens (including phenoxy) is 2. The maximum atomic E-state index is 12.7. The summed E-state index contributed by atoms with van der Waals surface area (Å²) in [5.74, 6) is 0.535. The van der Waals surface area contributed by atoms with Gasteiger partial charge in [0, 0.05) is 17.5 Å². The summed E-state index contributed by atoms with van der Waals surface area (Å²) < 4.78 is 10.9. The van der Waals surface area contributed by atoms with E-state index in [9.17, 15) is 14.9 Å². The van der Waals surface area contributed by atoms with Crippen LogP contribution in [0.25, 0.3) is 0 Å². The Balaban J connectivity index is 1.83. The van der Waals surface area contributed by atoms with Gasteiger partial charge < -0.3 is 14.8 Å². The fourth-order valence-electron chi connectivity index (χ4n) is 3.44. The van der Waals surface area contributed by atoms with Crippen LogP contribution in [0.3, 0.4) is 0 Å². The highest BCUT2D eigenvalue weighted by Crippen LogP contribution is 2.35. The zero-order chi connectivity index (χ0) is 20.1. The number of nitro groups is 1. The summed E-state index contributed by atoms with van der Waals surface area (Å²) in [7, 11) is 1.43. The smallest absolute Gasteiger partial charge is 0.286 e. The van der Waals surface area contributed by atoms with E-state index in [4.69, 9.17) is 9.47 Å². The van der Waals surface area contributed by atoms with Crippen LogP contribution in [0, 0.1) is 16.0 Å². The van der Waals surface area contributed by atoms with Crippen molar-refractivity contribution in [1.29, 1.82) is 0 Å². The van der Waals surface area contributed by atoms with E-state index in [1.807, 2.05) is 5.38 Å². The van der Waals surface area contributed by atoms with Crippen molar-refractivity contribution in [2.75, 3.05) is 7.11 Å². The molecule has 1 aliphatic rings. The molecule has 1 amide bonds. The molecule has 1 saturated carbocycles. The highest BCUT2D eigenvalue weighted by Gasteiger charge is 2.27. The minimum atomic E-state index is -0.576. The number of rotatable bonds is 7. The first-order chi connectivity index (χ1) is 13.5. The lowest BCUT2D eigenvalue weighted by Gasteiger charge is -2.27. The highest BCUT2D eigenvalue weighted by atomic mass is 32.1. The Morgan fingerprint density at radius 3 is 2.86 bits per heavy atom. The van der Waals surface area contributed by atoms with E-state index < -0.39 is 10.8 Å². The predicted octanol–water partition coefficient (Wildman–Crippen LogP) is 3.95. The van der Waals surface area contributed by atoms with Crippen molar-refractivity contribution in [3.63, 3.8) is 0 Å². The van der Waals surface area contributed by atoms with Crippen molar-refractivity contribution < 1.29 is 19.2 Å². The number of aromatic nitrogens is 1. The molecule has 0 radical (unpaired) electrons. The third kappa shape index (κ3) is 4.78. The number of methoxy groups -OCH3 is 1. The molecule has 1 aromatic carbocycles. The standard InChI is InChI=1S/C19H23N3O5S/c1-12-4-3-5-13(6-12)21-19(23)15-7-17(26-2)18(8-16(15)22(24)25)27-9-14-10-28-11-20-14/h7-8,10-13H,3-6,9H2,1-2H3,(H,21,23). The maximum Gasteiger partial charge on any atom is 0.286 e. The van der Waals surface area contributed by atoms with Crippen LogP contribution in [0.1, 0.15) is 48.7 Å². The zero-order valence-corrected chi connectivity index (χ0v) is 16.7. The minimum absolute atomic E-state index is 0.0268. The van der Waals surface area contributed by atoms with Crippen molar-refractivity contribution >= 4 is 22.9 Å². The Morgan fingerprint density at radius 2 is 2.21 bits per heavy atom. The summed E-state index contributed by atoms with van der Waals surface area (Å²) in [5, 5.41) is 16.3.